The van der Waals surface area contributed by atoms with Crippen LogP contribution in [0.4, 0.5) is 17.3 Å². The Hall–Kier alpha value is -4.15. The Morgan fingerprint density at radius 2 is 1.61 bits per heavy atom. The van der Waals surface area contributed by atoms with Gasteiger partial charge in [-0.05, 0) is 49.4 Å². The lowest BCUT2D eigenvalue weighted by molar-refractivity contribution is -0.0980. The van der Waals surface area contributed by atoms with Gasteiger partial charge in [0, 0.05) is 36.8 Å². The topological polar surface area (TPSA) is 138 Å². The lowest BCUT2D eigenvalue weighted by atomic mass is 10.1. The largest absolute Gasteiger partial charge is 0.397 e. The van der Waals surface area contributed by atoms with E-state index in [9.17, 15) is 5.11 Å². The summed E-state index contributed by atoms with van der Waals surface area (Å²) in [6.45, 7) is 3.81. The van der Waals surface area contributed by atoms with Crippen molar-refractivity contribution in [1.29, 1.82) is 0 Å². The molecule has 33 heavy (non-hydrogen) atoms. The van der Waals surface area contributed by atoms with Crippen LogP contribution in [-0.4, -0.2) is 55.6 Å². The molecular formula is C23H27N7O3. The van der Waals surface area contributed by atoms with Crippen molar-refractivity contribution in [2.45, 2.75) is 13.5 Å². The Balaban J connectivity index is 0.000000714. The third kappa shape index (κ3) is 6.92. The number of aliphatic hydroxyl groups excluding tert-OH is 2. The number of nitrogens with one attached hydrogen (secondary N) is 2. The molecule has 4 N–H and O–H groups in total. The molecule has 2 heterocycles. The smallest absolute Gasteiger partial charge is 0.227 e. The number of carbonyl (C=O) groups is 1. The zero-order chi connectivity index (χ0) is 24.1. The number of aromatic nitrogens is 5. The molecule has 172 valence electrons. The molecule has 0 unspecified atom stereocenters. The van der Waals surface area contributed by atoms with Crippen molar-refractivity contribution in [2.24, 2.45) is 0 Å². The molecule has 0 bridgehead atoms. The molecule has 4 rings (SSSR count). The molecule has 0 amide bonds. The van der Waals surface area contributed by atoms with E-state index < -0.39 is 0 Å². The van der Waals surface area contributed by atoms with Crippen molar-refractivity contribution < 1.29 is 15.0 Å². The van der Waals surface area contributed by atoms with Gasteiger partial charge in [-0.2, -0.15) is 0 Å². The van der Waals surface area contributed by atoms with Crippen LogP contribution in [0.3, 0.4) is 0 Å². The van der Waals surface area contributed by atoms with Gasteiger partial charge in [0.05, 0.1) is 29.9 Å². The van der Waals surface area contributed by atoms with Gasteiger partial charge in [0.25, 0.3) is 0 Å². The molecule has 0 fully saturated rings. The molecule has 2 aromatic heterocycles. The van der Waals surface area contributed by atoms with E-state index in [-0.39, 0.29) is 13.2 Å². The Labute approximate surface area is 192 Å². The molecule has 0 spiro atoms. The average molecular weight is 450 g/mol. The molecule has 0 saturated heterocycles. The number of hydrogen-bond acceptors (Lipinski definition) is 9. The molecule has 2 aromatic carbocycles. The van der Waals surface area contributed by atoms with Crippen LogP contribution in [0.1, 0.15) is 12.6 Å². The molecule has 0 radical (unpaired) electrons. The third-order valence-corrected chi connectivity index (χ3v) is 4.27. The predicted molar refractivity (Wildman–Crippen MR) is 127 cm³/mol. The van der Waals surface area contributed by atoms with Crippen molar-refractivity contribution in [3.05, 3.63) is 72.7 Å². The van der Waals surface area contributed by atoms with Gasteiger partial charge in [-0.3, -0.25) is 0 Å². The maximum Gasteiger partial charge on any atom is 0.227 e. The van der Waals surface area contributed by atoms with Gasteiger partial charge in [0.2, 0.25) is 5.95 Å². The molecule has 0 aliphatic rings. The molecule has 10 heteroatoms. The number of nitrogens with zero attached hydrogens (tertiary/aromatic N) is 5. The van der Waals surface area contributed by atoms with Gasteiger partial charge in [-0.1, -0.05) is 17.3 Å². The highest BCUT2D eigenvalue weighted by molar-refractivity contribution is 5.64. The van der Waals surface area contributed by atoms with Crippen LogP contribution in [0.5, 0.6) is 0 Å². The molecular weight excluding hydrogens is 422 g/mol. The summed E-state index contributed by atoms with van der Waals surface area (Å²) in [4.78, 5) is 16.9. The van der Waals surface area contributed by atoms with E-state index in [0.29, 0.717) is 11.6 Å². The number of benzene rings is 2. The van der Waals surface area contributed by atoms with E-state index in [4.69, 9.17) is 9.90 Å². The van der Waals surface area contributed by atoms with Gasteiger partial charge < -0.3 is 25.6 Å². The second kappa shape index (κ2) is 13.3. The molecule has 0 aliphatic carbocycles. The van der Waals surface area contributed by atoms with Gasteiger partial charge in [-0.25, -0.2) is 14.6 Å². The van der Waals surface area contributed by atoms with Crippen LogP contribution < -0.4 is 10.6 Å². The minimum atomic E-state index is -0.122. The SMILES string of the molecule is C=O.CCO.CNc1ccc(-c2ccnc(Nc3ccc(-n4nncc4CO)cc3)n2)cc1. The summed E-state index contributed by atoms with van der Waals surface area (Å²) in [5.74, 6) is 0.514. The van der Waals surface area contributed by atoms with Crippen molar-refractivity contribution in [2.75, 3.05) is 24.3 Å². The van der Waals surface area contributed by atoms with Crippen LogP contribution >= 0.6 is 0 Å². The Morgan fingerprint density at radius 1 is 0.970 bits per heavy atom. The standard InChI is InChI=1S/C20H19N7O.C2H6O.CH2O/c1-21-15-4-2-14(3-5-15)19-10-11-22-20(25-19)24-16-6-8-17(9-7-16)27-18(13-28)12-23-26-27;1-2-3;1-2/h2-12,21,28H,13H2,1H3,(H,22,24,25);3H,2H2,1H3;1H2. The predicted octanol–water partition coefficient (Wildman–Crippen LogP) is 2.82. The average Bonchev–Trinajstić information content (AvgIpc) is 3.35. The van der Waals surface area contributed by atoms with Crippen LogP contribution in [0, 0.1) is 0 Å². The first-order valence-corrected chi connectivity index (χ1v) is 10.1. The minimum absolute atomic E-state index is 0.122. The summed E-state index contributed by atoms with van der Waals surface area (Å²) in [5.41, 5.74) is 5.19. The normalized spacial score (nSPS) is 9.70. The van der Waals surface area contributed by atoms with Crippen molar-refractivity contribution in [3.63, 3.8) is 0 Å². The Bertz CT molecular complexity index is 1100. The Morgan fingerprint density at radius 3 is 2.21 bits per heavy atom. The number of anilines is 3. The second-order valence-electron chi connectivity index (χ2n) is 6.38. The second-order valence-corrected chi connectivity index (χ2v) is 6.38. The summed E-state index contributed by atoms with van der Waals surface area (Å²) in [6.07, 6.45) is 3.27. The van der Waals surface area contributed by atoms with Gasteiger partial charge >= 0.3 is 0 Å². The zero-order valence-electron chi connectivity index (χ0n) is 18.5. The lowest BCUT2D eigenvalue weighted by Gasteiger charge is -2.09. The first-order chi connectivity index (χ1) is 16.2. The minimum Gasteiger partial charge on any atom is -0.397 e. The molecule has 4 aromatic rings. The van der Waals surface area contributed by atoms with Crippen molar-refractivity contribution >= 4 is 24.1 Å². The highest BCUT2D eigenvalue weighted by atomic mass is 16.3. The van der Waals surface area contributed by atoms with Crippen molar-refractivity contribution in [1.82, 2.24) is 25.0 Å². The van der Waals surface area contributed by atoms with E-state index in [0.717, 1.165) is 28.3 Å². The van der Waals surface area contributed by atoms with E-state index in [2.05, 4.69) is 30.9 Å². The summed E-state index contributed by atoms with van der Waals surface area (Å²) < 4.78 is 1.59. The first-order valence-electron chi connectivity index (χ1n) is 10.1. The van der Waals surface area contributed by atoms with E-state index in [1.165, 1.54) is 6.20 Å². The van der Waals surface area contributed by atoms with Gasteiger partial charge in [0.15, 0.2) is 0 Å². The maximum absolute atomic E-state index is 9.33. The van der Waals surface area contributed by atoms with Crippen LogP contribution in [0.2, 0.25) is 0 Å². The Kier molecular flexibility index (Phi) is 10.1. The summed E-state index contributed by atoms with van der Waals surface area (Å²) >= 11 is 0. The molecule has 0 aliphatic heterocycles. The zero-order valence-corrected chi connectivity index (χ0v) is 18.5. The summed E-state index contributed by atoms with van der Waals surface area (Å²) in [6, 6.07) is 17.5. The van der Waals surface area contributed by atoms with E-state index in [1.807, 2.05) is 68.4 Å². The fourth-order valence-corrected chi connectivity index (χ4v) is 2.78. The highest BCUT2D eigenvalue weighted by Gasteiger charge is 2.06. The van der Waals surface area contributed by atoms with E-state index in [1.54, 1.807) is 17.8 Å². The lowest BCUT2D eigenvalue weighted by Crippen LogP contribution is -2.03. The number of aliphatic hydroxyl groups is 2. The number of carbonyl (C=O) groups excluding carboxylic acids is 1. The van der Waals surface area contributed by atoms with Crippen LogP contribution in [0.15, 0.2) is 67.0 Å². The van der Waals surface area contributed by atoms with Gasteiger partial charge in [-0.15, -0.1) is 5.10 Å². The van der Waals surface area contributed by atoms with Crippen LogP contribution in [0.25, 0.3) is 16.9 Å². The van der Waals surface area contributed by atoms with E-state index >= 15 is 0 Å². The summed E-state index contributed by atoms with van der Waals surface area (Å²) in [7, 11) is 1.89. The maximum atomic E-state index is 9.33. The quantitative estimate of drug-likeness (QED) is 0.350. The fraction of sp³-hybridized carbons (Fsp3) is 0.174. The monoisotopic (exact) mass is 449 g/mol. The van der Waals surface area contributed by atoms with Crippen molar-refractivity contribution in [3.8, 4) is 16.9 Å². The summed E-state index contributed by atoms with van der Waals surface area (Å²) in [5, 5.41) is 31.0. The molecule has 10 nitrogen and oxygen atoms in total. The molecule has 0 atom stereocenters. The highest BCUT2D eigenvalue weighted by Crippen LogP contribution is 2.22. The third-order valence-electron chi connectivity index (χ3n) is 4.27. The first kappa shape index (κ1) is 25.1. The van der Waals surface area contributed by atoms with Crippen LogP contribution in [-0.2, 0) is 11.4 Å². The number of hydrogen-bond donors (Lipinski definition) is 4. The fourth-order valence-electron chi connectivity index (χ4n) is 2.78. The molecule has 0 saturated carbocycles. The number of rotatable bonds is 6. The van der Waals surface area contributed by atoms with Gasteiger partial charge in [0.1, 0.15) is 6.79 Å².